The number of hydrogen-bond acceptors (Lipinski definition) is 8. The molecule has 1 saturated heterocycles. The lowest BCUT2D eigenvalue weighted by Crippen LogP contribution is -2.50. The molecule has 0 unspecified atom stereocenters. The molecule has 11 heteroatoms. The molecule has 0 saturated carbocycles. The van der Waals surface area contributed by atoms with Crippen molar-refractivity contribution in [1.82, 2.24) is 15.8 Å². The molecule has 2 aromatic rings. The first-order valence-electron chi connectivity index (χ1n) is 11.0. The third-order valence-corrected chi connectivity index (χ3v) is 5.45. The van der Waals surface area contributed by atoms with Gasteiger partial charge in [-0.1, -0.05) is 18.2 Å². The van der Waals surface area contributed by atoms with Crippen LogP contribution in [-0.4, -0.2) is 83.3 Å². The van der Waals surface area contributed by atoms with E-state index in [2.05, 4.69) is 15.8 Å². The number of anilines is 1. The van der Waals surface area contributed by atoms with Crippen LogP contribution < -0.4 is 30.0 Å². The summed E-state index contributed by atoms with van der Waals surface area (Å²) in [4.78, 5) is 40.8. The molecule has 0 radical (unpaired) electrons. The Kier molecular flexibility index (Phi) is 9.13. The molecule has 1 heterocycles. The molecule has 1 fully saturated rings. The molecule has 2 aromatic carbocycles. The van der Waals surface area contributed by atoms with Crippen molar-refractivity contribution >= 4 is 23.4 Å². The average molecular weight is 487 g/mol. The van der Waals surface area contributed by atoms with Gasteiger partial charge in [-0.2, -0.15) is 0 Å². The molecule has 2 N–H and O–H groups in total. The summed E-state index contributed by atoms with van der Waals surface area (Å²) in [5.41, 5.74) is 5.85. The standard InChI is InChI=1S/C24H30N4O7/c1-32-19-13-17(14-20(33-2)23(19)34-3)24(31)26-25-21(29)15-35-16-22(30)28-11-9-27(10-12-28)18-7-5-4-6-8-18/h4-8,13-14H,9-12,15-16H2,1-3H3,(H,25,29)(H,26,31). The number of carbonyl (C=O) groups is 3. The molecule has 1 aliphatic heterocycles. The number of hydrogen-bond donors (Lipinski definition) is 2. The van der Waals surface area contributed by atoms with Gasteiger partial charge >= 0.3 is 0 Å². The van der Waals surface area contributed by atoms with Crippen molar-refractivity contribution in [1.29, 1.82) is 0 Å². The second-order valence-electron chi connectivity index (χ2n) is 7.61. The molecule has 0 aliphatic carbocycles. The number of methoxy groups -OCH3 is 3. The van der Waals surface area contributed by atoms with Crippen molar-refractivity contribution in [3.63, 3.8) is 0 Å². The number of nitrogens with one attached hydrogen (secondary N) is 2. The molecule has 3 rings (SSSR count). The van der Waals surface area contributed by atoms with E-state index in [0.29, 0.717) is 30.3 Å². The highest BCUT2D eigenvalue weighted by Crippen LogP contribution is 2.38. The zero-order valence-corrected chi connectivity index (χ0v) is 20.0. The third kappa shape index (κ3) is 6.76. The van der Waals surface area contributed by atoms with Crippen molar-refractivity contribution in [2.24, 2.45) is 0 Å². The van der Waals surface area contributed by atoms with Crippen LogP contribution in [-0.2, 0) is 14.3 Å². The maximum atomic E-state index is 12.4. The monoisotopic (exact) mass is 486 g/mol. The summed E-state index contributed by atoms with van der Waals surface area (Å²) in [6, 6.07) is 12.9. The topological polar surface area (TPSA) is 119 Å². The van der Waals surface area contributed by atoms with E-state index >= 15 is 0 Å². The number of piperazine rings is 1. The molecule has 0 spiro atoms. The highest BCUT2D eigenvalue weighted by Gasteiger charge is 2.22. The molecule has 35 heavy (non-hydrogen) atoms. The van der Waals surface area contributed by atoms with Crippen LogP contribution in [0.2, 0.25) is 0 Å². The second-order valence-corrected chi connectivity index (χ2v) is 7.61. The summed E-state index contributed by atoms with van der Waals surface area (Å²) in [6.45, 7) is 2.00. The first kappa shape index (κ1) is 25.6. The summed E-state index contributed by atoms with van der Waals surface area (Å²) >= 11 is 0. The number of hydrazine groups is 1. The molecule has 3 amide bonds. The van der Waals surface area contributed by atoms with Crippen molar-refractivity contribution in [3.05, 3.63) is 48.0 Å². The van der Waals surface area contributed by atoms with Crippen LogP contribution in [0.15, 0.2) is 42.5 Å². The van der Waals surface area contributed by atoms with Gasteiger partial charge in [-0.25, -0.2) is 0 Å². The average Bonchev–Trinajstić information content (AvgIpc) is 2.91. The first-order valence-corrected chi connectivity index (χ1v) is 11.0. The smallest absolute Gasteiger partial charge is 0.269 e. The quantitative estimate of drug-likeness (QED) is 0.501. The number of nitrogens with zero attached hydrogens (tertiary/aromatic N) is 2. The van der Waals surface area contributed by atoms with Crippen LogP contribution in [0.1, 0.15) is 10.4 Å². The fourth-order valence-electron chi connectivity index (χ4n) is 3.62. The van der Waals surface area contributed by atoms with Gasteiger partial charge in [0, 0.05) is 37.4 Å². The Bertz CT molecular complexity index is 999. The highest BCUT2D eigenvalue weighted by atomic mass is 16.5. The van der Waals surface area contributed by atoms with Crippen LogP contribution in [0, 0.1) is 0 Å². The lowest BCUT2D eigenvalue weighted by atomic mass is 10.1. The number of ether oxygens (including phenoxy) is 4. The summed E-state index contributed by atoms with van der Waals surface area (Å²) < 4.78 is 20.9. The van der Waals surface area contributed by atoms with E-state index in [0.717, 1.165) is 18.8 Å². The SMILES string of the molecule is COc1cc(C(=O)NNC(=O)COCC(=O)N2CCN(c3ccccc3)CC2)cc(OC)c1OC. The lowest BCUT2D eigenvalue weighted by Gasteiger charge is -2.36. The molecule has 0 aromatic heterocycles. The molecule has 1 aliphatic rings. The van der Waals surface area contributed by atoms with Gasteiger partial charge in [-0.3, -0.25) is 25.2 Å². The largest absolute Gasteiger partial charge is 0.493 e. The van der Waals surface area contributed by atoms with E-state index in [9.17, 15) is 14.4 Å². The number of para-hydroxylation sites is 1. The minimum absolute atomic E-state index is 0.186. The van der Waals surface area contributed by atoms with Crippen molar-refractivity contribution in [2.45, 2.75) is 0 Å². The fraction of sp³-hybridized carbons (Fsp3) is 0.375. The maximum absolute atomic E-state index is 12.4. The van der Waals surface area contributed by atoms with Crippen LogP contribution in [0.4, 0.5) is 5.69 Å². The van der Waals surface area contributed by atoms with Gasteiger partial charge in [0.25, 0.3) is 11.8 Å². The number of carbonyl (C=O) groups excluding carboxylic acids is 3. The highest BCUT2D eigenvalue weighted by molar-refractivity contribution is 5.96. The van der Waals surface area contributed by atoms with E-state index in [1.54, 1.807) is 4.90 Å². The Hall–Kier alpha value is -3.99. The predicted octanol–water partition coefficient (Wildman–Crippen LogP) is 0.839. The molecule has 0 bridgehead atoms. The number of benzene rings is 2. The van der Waals surface area contributed by atoms with Crippen molar-refractivity contribution in [3.8, 4) is 17.2 Å². The number of rotatable bonds is 9. The summed E-state index contributed by atoms with van der Waals surface area (Å²) in [6.07, 6.45) is 0. The Balaban J connectivity index is 1.39. The fourth-order valence-corrected chi connectivity index (χ4v) is 3.62. The Morgan fingerprint density at radius 3 is 2.03 bits per heavy atom. The third-order valence-electron chi connectivity index (χ3n) is 5.45. The van der Waals surface area contributed by atoms with Gasteiger partial charge in [-0.05, 0) is 24.3 Å². The maximum Gasteiger partial charge on any atom is 0.269 e. The van der Waals surface area contributed by atoms with E-state index in [4.69, 9.17) is 18.9 Å². The lowest BCUT2D eigenvalue weighted by molar-refractivity contribution is -0.138. The van der Waals surface area contributed by atoms with Gasteiger partial charge in [-0.15, -0.1) is 0 Å². The molecule has 11 nitrogen and oxygen atoms in total. The van der Waals surface area contributed by atoms with E-state index in [-0.39, 0.29) is 24.7 Å². The van der Waals surface area contributed by atoms with E-state index < -0.39 is 11.8 Å². The Morgan fingerprint density at radius 2 is 1.46 bits per heavy atom. The molecular formula is C24H30N4O7. The van der Waals surface area contributed by atoms with Crippen molar-refractivity contribution < 1.29 is 33.3 Å². The zero-order chi connectivity index (χ0) is 25.2. The van der Waals surface area contributed by atoms with Crippen LogP contribution in [0.5, 0.6) is 17.2 Å². The van der Waals surface area contributed by atoms with Gasteiger partial charge < -0.3 is 28.7 Å². The minimum Gasteiger partial charge on any atom is -0.493 e. The Morgan fingerprint density at radius 1 is 0.829 bits per heavy atom. The Labute approximate surface area is 203 Å². The van der Waals surface area contributed by atoms with Crippen molar-refractivity contribution in [2.75, 3.05) is 65.6 Å². The van der Waals surface area contributed by atoms with Gasteiger partial charge in [0.15, 0.2) is 11.5 Å². The summed E-state index contributed by atoms with van der Waals surface area (Å²) in [7, 11) is 4.32. The van der Waals surface area contributed by atoms with E-state index in [1.165, 1.54) is 33.5 Å². The molecule has 188 valence electrons. The van der Waals surface area contributed by atoms with Crippen LogP contribution in [0.25, 0.3) is 0 Å². The predicted molar refractivity (Wildman–Crippen MR) is 128 cm³/mol. The minimum atomic E-state index is -0.604. The number of amides is 3. The van der Waals surface area contributed by atoms with Crippen LogP contribution in [0.3, 0.4) is 0 Å². The van der Waals surface area contributed by atoms with Gasteiger partial charge in [0.2, 0.25) is 11.7 Å². The van der Waals surface area contributed by atoms with E-state index in [1.807, 2.05) is 30.3 Å². The summed E-state index contributed by atoms with van der Waals surface area (Å²) in [5.74, 6) is -0.441. The van der Waals surface area contributed by atoms with Gasteiger partial charge in [0.1, 0.15) is 13.2 Å². The molecule has 0 atom stereocenters. The first-order chi connectivity index (χ1) is 17.0. The van der Waals surface area contributed by atoms with Crippen LogP contribution >= 0.6 is 0 Å². The van der Waals surface area contributed by atoms with Gasteiger partial charge in [0.05, 0.1) is 21.3 Å². The molecular weight excluding hydrogens is 456 g/mol. The summed E-state index contributed by atoms with van der Waals surface area (Å²) in [5, 5.41) is 0. The normalized spacial score (nSPS) is 13.1. The zero-order valence-electron chi connectivity index (χ0n) is 20.0. The second kappa shape index (κ2) is 12.5.